The van der Waals surface area contributed by atoms with E-state index in [1.807, 2.05) is 89.7 Å². The second-order valence-corrected chi connectivity index (χ2v) is 7.24. The first-order chi connectivity index (χ1) is 15.3. The van der Waals surface area contributed by atoms with E-state index in [4.69, 9.17) is 9.84 Å². The van der Waals surface area contributed by atoms with Gasteiger partial charge in [-0.3, -0.25) is 9.48 Å². The number of carbonyl (C=O) groups is 1. The smallest absolute Gasteiger partial charge is 0.223 e. The Morgan fingerprint density at radius 3 is 2.23 bits per heavy atom. The molecule has 1 heterocycles. The highest BCUT2D eigenvalue weighted by molar-refractivity contribution is 5.76. The van der Waals surface area contributed by atoms with E-state index in [1.54, 1.807) is 0 Å². The molecule has 4 aromatic rings. The molecule has 0 radical (unpaired) electrons. The molecule has 0 bridgehead atoms. The standard InChI is InChI=1S/C26H25N3O2/c30-25(16-17-31-24-14-8-3-9-15-24)27-18-23-20-29(19-21-10-4-1-5-11-21)28-26(23)22-12-6-2-7-13-22/h1-15,20H,16-19H2,(H,27,30). The Morgan fingerprint density at radius 1 is 0.871 bits per heavy atom. The van der Waals surface area contributed by atoms with Crippen LogP contribution in [0.4, 0.5) is 0 Å². The largest absolute Gasteiger partial charge is 0.493 e. The van der Waals surface area contributed by atoms with Crippen LogP contribution in [0, 0.1) is 0 Å². The van der Waals surface area contributed by atoms with Gasteiger partial charge in [0, 0.05) is 23.9 Å². The van der Waals surface area contributed by atoms with E-state index in [0.29, 0.717) is 26.1 Å². The Hall–Kier alpha value is -3.86. The number of hydrogen-bond donors (Lipinski definition) is 1. The number of ether oxygens (including phenoxy) is 1. The minimum atomic E-state index is -0.0502. The predicted molar refractivity (Wildman–Crippen MR) is 122 cm³/mol. The molecule has 156 valence electrons. The summed E-state index contributed by atoms with van der Waals surface area (Å²) in [6.07, 6.45) is 2.31. The number of rotatable bonds is 9. The summed E-state index contributed by atoms with van der Waals surface area (Å²) >= 11 is 0. The van der Waals surface area contributed by atoms with E-state index in [1.165, 1.54) is 5.56 Å². The van der Waals surface area contributed by atoms with Gasteiger partial charge in [0.1, 0.15) is 5.75 Å². The molecule has 0 fully saturated rings. The quantitative estimate of drug-likeness (QED) is 0.435. The fraction of sp³-hybridized carbons (Fsp3) is 0.154. The average Bonchev–Trinajstić information content (AvgIpc) is 3.22. The topological polar surface area (TPSA) is 56.1 Å². The molecule has 4 rings (SSSR count). The number of amides is 1. The van der Waals surface area contributed by atoms with Gasteiger partial charge in [0.2, 0.25) is 5.91 Å². The first-order valence-corrected chi connectivity index (χ1v) is 10.4. The van der Waals surface area contributed by atoms with Crippen molar-refractivity contribution in [2.75, 3.05) is 6.61 Å². The molecule has 5 heteroatoms. The predicted octanol–water partition coefficient (Wildman–Crippen LogP) is 4.68. The fourth-order valence-corrected chi connectivity index (χ4v) is 3.34. The Labute approximate surface area is 182 Å². The highest BCUT2D eigenvalue weighted by Crippen LogP contribution is 2.22. The van der Waals surface area contributed by atoms with E-state index < -0.39 is 0 Å². The summed E-state index contributed by atoms with van der Waals surface area (Å²) in [7, 11) is 0. The Morgan fingerprint density at radius 2 is 1.52 bits per heavy atom. The van der Waals surface area contributed by atoms with Crippen LogP contribution >= 0.6 is 0 Å². The molecule has 0 aliphatic carbocycles. The third kappa shape index (κ3) is 5.82. The van der Waals surface area contributed by atoms with Gasteiger partial charge in [-0.2, -0.15) is 5.10 Å². The van der Waals surface area contributed by atoms with Crippen LogP contribution < -0.4 is 10.1 Å². The van der Waals surface area contributed by atoms with Crippen molar-refractivity contribution in [2.24, 2.45) is 0 Å². The monoisotopic (exact) mass is 411 g/mol. The van der Waals surface area contributed by atoms with Gasteiger partial charge in [-0.05, 0) is 17.7 Å². The molecule has 31 heavy (non-hydrogen) atoms. The van der Waals surface area contributed by atoms with Crippen molar-refractivity contribution in [2.45, 2.75) is 19.5 Å². The van der Waals surface area contributed by atoms with Crippen LogP contribution in [0.3, 0.4) is 0 Å². The van der Waals surface area contributed by atoms with Crippen LogP contribution in [0.15, 0.2) is 97.2 Å². The number of carbonyl (C=O) groups excluding carboxylic acids is 1. The maximum Gasteiger partial charge on any atom is 0.223 e. The number of hydrogen-bond acceptors (Lipinski definition) is 3. The van der Waals surface area contributed by atoms with Gasteiger partial charge >= 0.3 is 0 Å². The summed E-state index contributed by atoms with van der Waals surface area (Å²) in [6, 6.07) is 29.8. The van der Waals surface area contributed by atoms with Crippen LogP contribution in [-0.2, 0) is 17.9 Å². The maximum atomic E-state index is 12.3. The zero-order valence-corrected chi connectivity index (χ0v) is 17.3. The first kappa shape index (κ1) is 20.4. The Balaban J connectivity index is 1.40. The number of para-hydroxylation sites is 1. The summed E-state index contributed by atoms with van der Waals surface area (Å²) < 4.78 is 7.54. The van der Waals surface area contributed by atoms with E-state index >= 15 is 0 Å². The van der Waals surface area contributed by atoms with Crippen LogP contribution in [-0.4, -0.2) is 22.3 Å². The van der Waals surface area contributed by atoms with Crippen LogP contribution in [0.25, 0.3) is 11.3 Å². The van der Waals surface area contributed by atoms with E-state index in [2.05, 4.69) is 17.4 Å². The second kappa shape index (κ2) is 10.3. The fourth-order valence-electron chi connectivity index (χ4n) is 3.34. The lowest BCUT2D eigenvalue weighted by Crippen LogP contribution is -2.24. The van der Waals surface area contributed by atoms with Gasteiger partial charge in [0.05, 0.1) is 25.3 Å². The molecular formula is C26H25N3O2. The maximum absolute atomic E-state index is 12.3. The number of benzene rings is 3. The molecule has 0 spiro atoms. The van der Waals surface area contributed by atoms with Gasteiger partial charge in [-0.15, -0.1) is 0 Å². The molecule has 0 saturated heterocycles. The highest BCUT2D eigenvalue weighted by atomic mass is 16.5. The molecule has 0 aliphatic heterocycles. The van der Waals surface area contributed by atoms with Gasteiger partial charge in [-0.1, -0.05) is 78.9 Å². The minimum absolute atomic E-state index is 0.0502. The van der Waals surface area contributed by atoms with Gasteiger partial charge < -0.3 is 10.1 Å². The van der Waals surface area contributed by atoms with Crippen molar-refractivity contribution in [3.63, 3.8) is 0 Å². The molecule has 1 aromatic heterocycles. The summed E-state index contributed by atoms with van der Waals surface area (Å²) in [5.41, 5.74) is 4.08. The highest BCUT2D eigenvalue weighted by Gasteiger charge is 2.13. The van der Waals surface area contributed by atoms with E-state index in [0.717, 1.165) is 22.6 Å². The molecule has 0 saturated carbocycles. The zero-order valence-electron chi connectivity index (χ0n) is 17.3. The Bertz CT molecular complexity index is 1090. The van der Waals surface area contributed by atoms with Gasteiger partial charge in [0.15, 0.2) is 0 Å². The molecule has 3 aromatic carbocycles. The summed E-state index contributed by atoms with van der Waals surface area (Å²) in [5.74, 6) is 0.717. The van der Waals surface area contributed by atoms with Gasteiger partial charge in [-0.25, -0.2) is 0 Å². The summed E-state index contributed by atoms with van der Waals surface area (Å²) in [6.45, 7) is 1.44. The normalized spacial score (nSPS) is 10.6. The SMILES string of the molecule is O=C(CCOc1ccccc1)NCc1cn(Cc2ccccc2)nc1-c1ccccc1. The lowest BCUT2D eigenvalue weighted by atomic mass is 10.1. The third-order valence-corrected chi connectivity index (χ3v) is 4.89. The number of nitrogens with one attached hydrogen (secondary N) is 1. The number of nitrogens with zero attached hydrogens (tertiary/aromatic N) is 2. The van der Waals surface area contributed by atoms with Crippen molar-refractivity contribution in [3.05, 3.63) is 108 Å². The molecule has 5 nitrogen and oxygen atoms in total. The van der Waals surface area contributed by atoms with Crippen molar-refractivity contribution in [1.82, 2.24) is 15.1 Å². The van der Waals surface area contributed by atoms with Crippen LogP contribution in [0.1, 0.15) is 17.5 Å². The van der Waals surface area contributed by atoms with Gasteiger partial charge in [0.25, 0.3) is 0 Å². The molecular weight excluding hydrogens is 386 g/mol. The third-order valence-electron chi connectivity index (χ3n) is 4.89. The van der Waals surface area contributed by atoms with E-state index in [9.17, 15) is 4.79 Å². The Kier molecular flexibility index (Phi) is 6.75. The van der Waals surface area contributed by atoms with Crippen LogP contribution in [0.2, 0.25) is 0 Å². The lowest BCUT2D eigenvalue weighted by molar-refractivity contribution is -0.121. The average molecular weight is 412 g/mol. The zero-order chi connectivity index (χ0) is 21.3. The molecule has 1 N–H and O–H groups in total. The van der Waals surface area contributed by atoms with Crippen molar-refractivity contribution in [3.8, 4) is 17.0 Å². The lowest BCUT2D eigenvalue weighted by Gasteiger charge is -2.07. The van der Waals surface area contributed by atoms with Crippen molar-refractivity contribution >= 4 is 5.91 Å². The molecule has 1 amide bonds. The van der Waals surface area contributed by atoms with E-state index in [-0.39, 0.29) is 5.91 Å². The summed E-state index contributed by atoms with van der Waals surface area (Å²) in [5, 5.41) is 7.80. The summed E-state index contributed by atoms with van der Waals surface area (Å²) in [4.78, 5) is 12.3. The molecule has 0 unspecified atom stereocenters. The minimum Gasteiger partial charge on any atom is -0.493 e. The molecule has 0 atom stereocenters. The second-order valence-electron chi connectivity index (χ2n) is 7.24. The van der Waals surface area contributed by atoms with Crippen molar-refractivity contribution < 1.29 is 9.53 Å². The first-order valence-electron chi connectivity index (χ1n) is 10.4. The molecule has 0 aliphatic rings. The number of aromatic nitrogens is 2. The van der Waals surface area contributed by atoms with Crippen molar-refractivity contribution in [1.29, 1.82) is 0 Å². The van der Waals surface area contributed by atoms with Crippen LogP contribution in [0.5, 0.6) is 5.75 Å².